The summed E-state index contributed by atoms with van der Waals surface area (Å²) in [5.41, 5.74) is 4.42. The standard InChI is InChI=1S/C26H35NO/c1-26-16-22(18-8-11-19(12-9-18)27(2)3)25-20-7-5-4-6-17(20)10-13-21(25)23(26)14-15-24(26)28/h6,8-9,11-12,20-23,25H,4-5,7,10,13-16H2,1-3H3/t20-,21-,22+,23-,25+,26-/m0/s1. The Morgan fingerprint density at radius 2 is 1.79 bits per heavy atom. The van der Waals surface area contributed by atoms with Crippen molar-refractivity contribution in [2.75, 3.05) is 19.0 Å². The maximum atomic E-state index is 13.0. The lowest BCUT2D eigenvalue weighted by Crippen LogP contribution is -2.49. The van der Waals surface area contributed by atoms with Crippen molar-refractivity contribution < 1.29 is 4.79 Å². The number of carbonyl (C=O) groups is 1. The fraction of sp³-hybridized carbons (Fsp3) is 0.654. The molecule has 4 aliphatic rings. The lowest BCUT2D eigenvalue weighted by Gasteiger charge is -2.56. The van der Waals surface area contributed by atoms with Gasteiger partial charge in [-0.1, -0.05) is 30.7 Å². The van der Waals surface area contributed by atoms with Crippen LogP contribution in [0.3, 0.4) is 0 Å². The third kappa shape index (κ3) is 2.70. The fourth-order valence-electron chi connectivity index (χ4n) is 7.56. The highest BCUT2D eigenvalue weighted by molar-refractivity contribution is 5.87. The van der Waals surface area contributed by atoms with Crippen molar-refractivity contribution in [1.82, 2.24) is 0 Å². The second kappa shape index (κ2) is 6.75. The molecule has 3 fully saturated rings. The summed E-state index contributed by atoms with van der Waals surface area (Å²) in [5, 5.41) is 0. The smallest absolute Gasteiger partial charge is 0.139 e. The minimum absolute atomic E-state index is 0.0814. The summed E-state index contributed by atoms with van der Waals surface area (Å²) in [6.07, 6.45) is 12.2. The number of nitrogens with zero attached hydrogens (tertiary/aromatic N) is 1. The monoisotopic (exact) mass is 377 g/mol. The van der Waals surface area contributed by atoms with Gasteiger partial charge in [0.15, 0.2) is 0 Å². The SMILES string of the molecule is CN(C)c1ccc([C@H]2C[C@]3(C)C(=O)CC[C@H]3[C@@H]3CCC4=CCCC[C@@H]4[C@H]32)cc1. The Bertz CT molecular complexity index is 791. The lowest BCUT2D eigenvalue weighted by molar-refractivity contribution is -0.132. The molecule has 0 aliphatic heterocycles. The summed E-state index contributed by atoms with van der Waals surface area (Å²) >= 11 is 0. The van der Waals surface area contributed by atoms with Crippen molar-refractivity contribution in [3.05, 3.63) is 41.5 Å². The van der Waals surface area contributed by atoms with Crippen LogP contribution in [-0.2, 0) is 4.79 Å². The van der Waals surface area contributed by atoms with Crippen LogP contribution in [0.4, 0.5) is 5.69 Å². The molecule has 2 heteroatoms. The molecule has 1 aromatic carbocycles. The zero-order valence-electron chi connectivity index (χ0n) is 17.8. The van der Waals surface area contributed by atoms with E-state index in [0.29, 0.717) is 17.6 Å². The summed E-state index contributed by atoms with van der Waals surface area (Å²) in [5.74, 6) is 3.97. The third-order valence-electron chi connectivity index (χ3n) is 8.93. The van der Waals surface area contributed by atoms with Crippen molar-refractivity contribution in [3.8, 4) is 0 Å². The molecule has 1 aromatic rings. The van der Waals surface area contributed by atoms with Gasteiger partial charge in [-0.15, -0.1) is 0 Å². The minimum Gasteiger partial charge on any atom is -0.378 e. The third-order valence-corrected chi connectivity index (χ3v) is 8.93. The van der Waals surface area contributed by atoms with E-state index in [0.717, 1.165) is 37.0 Å². The van der Waals surface area contributed by atoms with Crippen LogP contribution in [0.15, 0.2) is 35.9 Å². The van der Waals surface area contributed by atoms with Crippen LogP contribution in [0.1, 0.15) is 69.8 Å². The molecular weight excluding hydrogens is 342 g/mol. The number of allylic oxidation sites excluding steroid dienone is 2. The second-order valence-electron chi connectivity index (χ2n) is 10.4. The molecule has 0 radical (unpaired) electrons. The number of carbonyl (C=O) groups excluding carboxylic acids is 1. The van der Waals surface area contributed by atoms with Gasteiger partial charge in [-0.25, -0.2) is 0 Å². The van der Waals surface area contributed by atoms with E-state index in [4.69, 9.17) is 0 Å². The summed E-state index contributed by atoms with van der Waals surface area (Å²) < 4.78 is 0. The molecule has 2 nitrogen and oxygen atoms in total. The number of hydrogen-bond acceptors (Lipinski definition) is 2. The van der Waals surface area contributed by atoms with E-state index in [2.05, 4.69) is 56.3 Å². The van der Waals surface area contributed by atoms with Crippen molar-refractivity contribution >= 4 is 11.5 Å². The van der Waals surface area contributed by atoms with E-state index in [1.54, 1.807) is 5.57 Å². The van der Waals surface area contributed by atoms with Crippen molar-refractivity contribution in [2.24, 2.45) is 29.1 Å². The van der Waals surface area contributed by atoms with Gasteiger partial charge in [0, 0.05) is 31.6 Å². The van der Waals surface area contributed by atoms with Crippen molar-refractivity contribution in [1.29, 1.82) is 0 Å². The molecule has 0 unspecified atom stereocenters. The van der Waals surface area contributed by atoms with E-state index < -0.39 is 0 Å². The van der Waals surface area contributed by atoms with Crippen molar-refractivity contribution in [3.63, 3.8) is 0 Å². The quantitative estimate of drug-likeness (QED) is 0.591. The van der Waals surface area contributed by atoms with Gasteiger partial charge in [-0.3, -0.25) is 4.79 Å². The Kier molecular flexibility index (Phi) is 4.45. The number of ketones is 1. The number of fused-ring (bicyclic) bond motifs is 5. The van der Waals surface area contributed by atoms with Gasteiger partial charge in [0.2, 0.25) is 0 Å². The second-order valence-corrected chi connectivity index (χ2v) is 10.4. The Balaban J connectivity index is 1.57. The van der Waals surface area contributed by atoms with Crippen LogP contribution in [0.2, 0.25) is 0 Å². The minimum atomic E-state index is -0.0814. The molecule has 0 N–H and O–H groups in total. The zero-order chi connectivity index (χ0) is 19.5. The predicted molar refractivity (Wildman–Crippen MR) is 116 cm³/mol. The van der Waals surface area contributed by atoms with Crippen LogP contribution < -0.4 is 4.90 Å². The van der Waals surface area contributed by atoms with E-state index in [1.165, 1.54) is 43.4 Å². The largest absolute Gasteiger partial charge is 0.378 e. The number of rotatable bonds is 2. The molecular formula is C26H35NO. The molecule has 3 saturated carbocycles. The van der Waals surface area contributed by atoms with Crippen LogP contribution in [0, 0.1) is 29.1 Å². The topological polar surface area (TPSA) is 20.3 Å². The molecule has 0 heterocycles. The summed E-state index contributed by atoms with van der Waals surface area (Å²) in [6.45, 7) is 2.32. The van der Waals surface area contributed by atoms with Crippen LogP contribution in [0.5, 0.6) is 0 Å². The predicted octanol–water partition coefficient (Wildman–Crippen LogP) is 5.98. The molecule has 4 aliphatic carbocycles. The Hall–Kier alpha value is -1.57. The van der Waals surface area contributed by atoms with Gasteiger partial charge in [0.05, 0.1) is 0 Å². The van der Waals surface area contributed by atoms with Crippen LogP contribution >= 0.6 is 0 Å². The van der Waals surface area contributed by atoms with Crippen LogP contribution in [0.25, 0.3) is 0 Å². The fourth-order valence-corrected chi connectivity index (χ4v) is 7.56. The number of Topliss-reactive ketones (excluding diaryl/α,β-unsaturated/α-hetero) is 1. The summed E-state index contributed by atoms with van der Waals surface area (Å²) in [6, 6.07) is 9.27. The number of benzene rings is 1. The summed E-state index contributed by atoms with van der Waals surface area (Å²) in [7, 11) is 4.21. The molecule has 28 heavy (non-hydrogen) atoms. The highest BCUT2D eigenvalue weighted by Crippen LogP contribution is 2.64. The van der Waals surface area contributed by atoms with E-state index >= 15 is 0 Å². The lowest BCUT2D eigenvalue weighted by atomic mass is 9.48. The average molecular weight is 378 g/mol. The first-order valence-corrected chi connectivity index (χ1v) is 11.5. The highest BCUT2D eigenvalue weighted by atomic mass is 16.1. The molecule has 0 aromatic heterocycles. The Labute approximate surface area is 170 Å². The molecule has 6 atom stereocenters. The van der Waals surface area contributed by atoms with E-state index in [-0.39, 0.29) is 5.41 Å². The number of anilines is 1. The average Bonchev–Trinajstić information content (AvgIpc) is 3.01. The molecule has 150 valence electrons. The van der Waals surface area contributed by atoms with Crippen LogP contribution in [-0.4, -0.2) is 19.9 Å². The van der Waals surface area contributed by atoms with Gasteiger partial charge in [0.1, 0.15) is 5.78 Å². The first kappa shape index (κ1) is 18.5. The maximum Gasteiger partial charge on any atom is 0.139 e. The van der Waals surface area contributed by atoms with E-state index in [9.17, 15) is 4.79 Å². The van der Waals surface area contributed by atoms with E-state index in [1.807, 2.05) is 0 Å². The molecule has 0 amide bonds. The molecule has 0 saturated heterocycles. The summed E-state index contributed by atoms with van der Waals surface area (Å²) in [4.78, 5) is 15.2. The zero-order valence-corrected chi connectivity index (χ0v) is 17.8. The Morgan fingerprint density at radius 3 is 2.54 bits per heavy atom. The van der Waals surface area contributed by atoms with Gasteiger partial charge in [-0.05, 0) is 92.2 Å². The number of hydrogen-bond donors (Lipinski definition) is 0. The van der Waals surface area contributed by atoms with Gasteiger partial charge < -0.3 is 4.90 Å². The maximum absolute atomic E-state index is 13.0. The van der Waals surface area contributed by atoms with Gasteiger partial charge >= 0.3 is 0 Å². The Morgan fingerprint density at radius 1 is 1.00 bits per heavy atom. The first-order valence-electron chi connectivity index (χ1n) is 11.5. The molecule has 0 bridgehead atoms. The highest BCUT2D eigenvalue weighted by Gasteiger charge is 2.59. The van der Waals surface area contributed by atoms with Gasteiger partial charge in [0.25, 0.3) is 0 Å². The van der Waals surface area contributed by atoms with Gasteiger partial charge in [-0.2, -0.15) is 0 Å². The first-order chi connectivity index (χ1) is 13.5. The normalized spacial score (nSPS) is 39.6. The van der Waals surface area contributed by atoms with Crippen molar-refractivity contribution in [2.45, 2.75) is 64.2 Å². The molecule has 0 spiro atoms. The molecule has 5 rings (SSSR count).